The summed E-state index contributed by atoms with van der Waals surface area (Å²) < 4.78 is 0. The predicted molar refractivity (Wildman–Crippen MR) is 62.0 cm³/mol. The molecule has 1 aliphatic carbocycles. The van der Waals surface area contributed by atoms with Crippen molar-refractivity contribution in [1.82, 2.24) is 4.98 Å². The van der Waals surface area contributed by atoms with Crippen molar-refractivity contribution in [2.45, 2.75) is 43.9 Å². The van der Waals surface area contributed by atoms with Gasteiger partial charge in [-0.1, -0.05) is 19.3 Å². The van der Waals surface area contributed by atoms with Crippen LogP contribution in [0.4, 0.5) is 0 Å². The number of halogens is 1. The van der Waals surface area contributed by atoms with Crippen LogP contribution in [0.1, 0.15) is 37.1 Å². The fourth-order valence-corrected chi connectivity index (χ4v) is 3.23. The zero-order valence-corrected chi connectivity index (χ0v) is 9.86. The number of hydrogen-bond donors (Lipinski definition) is 0. The van der Waals surface area contributed by atoms with Crippen LogP contribution in [0, 0.1) is 5.92 Å². The molecule has 1 nitrogen and oxygen atoms in total. The lowest BCUT2D eigenvalue weighted by molar-refractivity contribution is 0.464. The molecule has 0 amide bonds. The predicted octanol–water partition coefficient (Wildman–Crippen LogP) is 3.87. The first kappa shape index (κ1) is 10.4. The summed E-state index contributed by atoms with van der Waals surface area (Å²) in [6, 6.07) is 0. The van der Waals surface area contributed by atoms with Gasteiger partial charge in [-0.05, 0) is 18.8 Å². The zero-order chi connectivity index (χ0) is 9.80. The van der Waals surface area contributed by atoms with Gasteiger partial charge in [-0.3, -0.25) is 0 Å². The second-order valence-electron chi connectivity index (χ2n) is 4.04. The number of alkyl halides is 1. The van der Waals surface area contributed by atoms with E-state index in [2.05, 4.69) is 10.4 Å². The molecule has 1 heterocycles. The summed E-state index contributed by atoms with van der Waals surface area (Å²) in [5.74, 6) is 0.658. The topological polar surface area (TPSA) is 12.9 Å². The molecule has 1 fully saturated rings. The van der Waals surface area contributed by atoms with Crippen LogP contribution in [-0.2, 0) is 6.42 Å². The van der Waals surface area contributed by atoms with Crippen LogP contribution >= 0.6 is 22.9 Å². The summed E-state index contributed by atoms with van der Waals surface area (Å²) in [6.07, 6.45) is 9.47. The number of rotatable bonds is 2. The first-order chi connectivity index (χ1) is 6.86. The molecule has 0 saturated heterocycles. The molecule has 0 aliphatic heterocycles. The summed E-state index contributed by atoms with van der Waals surface area (Å²) >= 11 is 8.14. The van der Waals surface area contributed by atoms with Crippen LogP contribution in [0.2, 0.25) is 0 Å². The molecule has 1 aliphatic rings. The highest BCUT2D eigenvalue weighted by Gasteiger charge is 2.22. The van der Waals surface area contributed by atoms with E-state index >= 15 is 0 Å². The molecule has 1 aromatic heterocycles. The van der Waals surface area contributed by atoms with E-state index in [9.17, 15) is 0 Å². The molecule has 0 radical (unpaired) electrons. The van der Waals surface area contributed by atoms with Crippen molar-refractivity contribution < 1.29 is 0 Å². The lowest BCUT2D eigenvalue weighted by Gasteiger charge is -2.17. The Balaban J connectivity index is 1.94. The van der Waals surface area contributed by atoms with E-state index < -0.39 is 0 Å². The summed E-state index contributed by atoms with van der Waals surface area (Å²) in [5, 5.41) is 3.68. The Hall–Kier alpha value is -0.0800. The molecule has 14 heavy (non-hydrogen) atoms. The lowest BCUT2D eigenvalue weighted by Crippen LogP contribution is -2.15. The summed E-state index contributed by atoms with van der Waals surface area (Å²) in [6.45, 7) is 0. The standard InChI is InChI=1S/C11H16ClNS/c12-10-5-3-1-2-4-9(10)8-11-13-6-7-14-11/h6-7,9-10H,1-5,8H2. The SMILES string of the molecule is ClC1CCCCCC1Cc1nccs1. The second-order valence-corrected chi connectivity index (χ2v) is 5.58. The average molecular weight is 230 g/mol. The van der Waals surface area contributed by atoms with Crippen molar-refractivity contribution in [2.75, 3.05) is 0 Å². The molecule has 0 N–H and O–H groups in total. The summed E-state index contributed by atoms with van der Waals surface area (Å²) in [7, 11) is 0. The highest BCUT2D eigenvalue weighted by Crippen LogP contribution is 2.30. The molecule has 2 atom stereocenters. The third kappa shape index (κ3) is 2.71. The third-order valence-corrected chi connectivity index (χ3v) is 4.36. The van der Waals surface area contributed by atoms with Gasteiger partial charge < -0.3 is 0 Å². The van der Waals surface area contributed by atoms with Crippen LogP contribution in [0.5, 0.6) is 0 Å². The van der Waals surface area contributed by atoms with E-state index in [4.69, 9.17) is 11.6 Å². The van der Waals surface area contributed by atoms with Crippen molar-refractivity contribution in [1.29, 1.82) is 0 Å². The molecular weight excluding hydrogens is 214 g/mol. The van der Waals surface area contributed by atoms with Gasteiger partial charge in [-0.25, -0.2) is 4.98 Å². The maximum atomic E-state index is 6.38. The minimum absolute atomic E-state index is 0.376. The van der Waals surface area contributed by atoms with Gasteiger partial charge in [0.15, 0.2) is 0 Å². The Labute approximate surface area is 94.5 Å². The molecule has 2 unspecified atom stereocenters. The van der Waals surface area contributed by atoms with Crippen LogP contribution in [0.15, 0.2) is 11.6 Å². The number of thiazole rings is 1. The maximum absolute atomic E-state index is 6.38. The quantitative estimate of drug-likeness (QED) is 0.554. The minimum Gasteiger partial charge on any atom is -0.250 e. The van der Waals surface area contributed by atoms with Gasteiger partial charge >= 0.3 is 0 Å². The molecule has 0 aromatic carbocycles. The van der Waals surface area contributed by atoms with E-state index in [1.165, 1.54) is 37.1 Å². The first-order valence-electron chi connectivity index (χ1n) is 5.38. The van der Waals surface area contributed by atoms with Crippen molar-refractivity contribution in [3.8, 4) is 0 Å². The number of nitrogens with zero attached hydrogens (tertiary/aromatic N) is 1. The van der Waals surface area contributed by atoms with Crippen molar-refractivity contribution >= 4 is 22.9 Å². The molecule has 3 heteroatoms. The average Bonchev–Trinajstić information content (AvgIpc) is 2.60. The fourth-order valence-electron chi connectivity index (χ4n) is 2.15. The largest absolute Gasteiger partial charge is 0.250 e. The minimum atomic E-state index is 0.376. The van der Waals surface area contributed by atoms with E-state index in [0.29, 0.717) is 11.3 Å². The maximum Gasteiger partial charge on any atom is 0.0928 e. The highest BCUT2D eigenvalue weighted by molar-refractivity contribution is 7.09. The zero-order valence-electron chi connectivity index (χ0n) is 8.29. The molecule has 2 rings (SSSR count). The molecule has 1 aromatic rings. The van der Waals surface area contributed by atoms with Gasteiger partial charge in [0.05, 0.1) is 5.01 Å². The lowest BCUT2D eigenvalue weighted by atomic mass is 9.96. The molecule has 0 bridgehead atoms. The van der Waals surface area contributed by atoms with Gasteiger partial charge in [-0.2, -0.15) is 0 Å². The van der Waals surface area contributed by atoms with Gasteiger partial charge in [0, 0.05) is 23.4 Å². The van der Waals surface area contributed by atoms with Crippen molar-refractivity contribution in [3.63, 3.8) is 0 Å². The van der Waals surface area contributed by atoms with Gasteiger partial charge in [0.1, 0.15) is 0 Å². The molecular formula is C11H16ClNS. The third-order valence-electron chi connectivity index (χ3n) is 2.99. The Morgan fingerprint density at radius 2 is 2.21 bits per heavy atom. The van der Waals surface area contributed by atoms with E-state index in [1.54, 1.807) is 11.3 Å². The summed E-state index contributed by atoms with van der Waals surface area (Å²) in [5.41, 5.74) is 0. The van der Waals surface area contributed by atoms with E-state index in [1.807, 2.05) is 6.20 Å². The highest BCUT2D eigenvalue weighted by atomic mass is 35.5. The van der Waals surface area contributed by atoms with Gasteiger partial charge in [0.25, 0.3) is 0 Å². The van der Waals surface area contributed by atoms with E-state index in [-0.39, 0.29) is 0 Å². The second kappa shape index (κ2) is 5.13. The summed E-state index contributed by atoms with van der Waals surface area (Å²) in [4.78, 5) is 4.34. The molecule has 0 spiro atoms. The van der Waals surface area contributed by atoms with Crippen LogP contribution < -0.4 is 0 Å². The smallest absolute Gasteiger partial charge is 0.0928 e. The Bertz CT molecular complexity index is 260. The normalized spacial score (nSPS) is 28.6. The van der Waals surface area contributed by atoms with Crippen molar-refractivity contribution in [2.24, 2.45) is 5.92 Å². The fraction of sp³-hybridized carbons (Fsp3) is 0.727. The first-order valence-corrected chi connectivity index (χ1v) is 6.70. The molecule has 78 valence electrons. The monoisotopic (exact) mass is 229 g/mol. The van der Waals surface area contributed by atoms with E-state index in [0.717, 1.165) is 6.42 Å². The van der Waals surface area contributed by atoms with Crippen LogP contribution in [0.25, 0.3) is 0 Å². The Morgan fingerprint density at radius 3 is 3.00 bits per heavy atom. The van der Waals surface area contributed by atoms with Gasteiger partial charge in [0.2, 0.25) is 0 Å². The van der Waals surface area contributed by atoms with Crippen LogP contribution in [0.3, 0.4) is 0 Å². The number of aromatic nitrogens is 1. The van der Waals surface area contributed by atoms with Crippen LogP contribution in [-0.4, -0.2) is 10.4 Å². The van der Waals surface area contributed by atoms with Crippen molar-refractivity contribution in [3.05, 3.63) is 16.6 Å². The molecule has 1 saturated carbocycles. The Kier molecular flexibility index (Phi) is 3.82. The van der Waals surface area contributed by atoms with Gasteiger partial charge in [-0.15, -0.1) is 22.9 Å². The Morgan fingerprint density at radius 1 is 1.36 bits per heavy atom. The number of hydrogen-bond acceptors (Lipinski definition) is 2.